The van der Waals surface area contributed by atoms with Gasteiger partial charge in [0.1, 0.15) is 11.5 Å². The van der Waals surface area contributed by atoms with Crippen molar-refractivity contribution in [1.82, 2.24) is 33.1 Å². The van der Waals surface area contributed by atoms with Crippen molar-refractivity contribution in [3.63, 3.8) is 0 Å². The van der Waals surface area contributed by atoms with Crippen molar-refractivity contribution < 1.29 is 9.90 Å². The van der Waals surface area contributed by atoms with Gasteiger partial charge < -0.3 is 19.1 Å². The Morgan fingerprint density at radius 1 is 1.14 bits per heavy atom. The lowest BCUT2D eigenvalue weighted by Crippen LogP contribution is -2.38. The molecule has 0 aliphatic carbocycles. The normalized spacial score (nSPS) is 18.2. The monoisotopic (exact) mass is 479 g/mol. The zero-order valence-corrected chi connectivity index (χ0v) is 20.1. The van der Waals surface area contributed by atoms with E-state index in [1.54, 1.807) is 16.5 Å². The predicted molar refractivity (Wildman–Crippen MR) is 130 cm³/mol. The number of hydrogen-bond donors (Lipinski definition) is 1. The molecular weight excluding hydrogens is 450 g/mol. The molecule has 2 atom stereocenters. The molecule has 1 aliphatic heterocycles. The number of aliphatic hydroxyl groups is 1. The van der Waals surface area contributed by atoms with Crippen LogP contribution in [0.2, 0.25) is 0 Å². The van der Waals surface area contributed by atoms with E-state index in [4.69, 9.17) is 4.98 Å². The number of aromatic nitrogens is 6. The molecule has 1 aliphatic rings. The van der Waals surface area contributed by atoms with Gasteiger partial charge in [-0.05, 0) is 25.5 Å². The molecule has 1 fully saturated rings. The molecule has 1 amide bonds. The van der Waals surface area contributed by atoms with E-state index >= 15 is 0 Å². The molecule has 1 aromatic carbocycles. The van der Waals surface area contributed by atoms with Gasteiger partial charge in [-0.25, -0.2) is 14.8 Å². The fraction of sp³-hybridized carbons (Fsp3) is 0.458. The second-order valence-electron chi connectivity index (χ2n) is 9.08. The SMILES string of the molecule is CCn1c(CCCC(=O)N2C[C@H](O)[C@@H](n3cnc4c(=O)n(C)c(=O)n(C)c43)C2)nc2ccccc21. The van der Waals surface area contributed by atoms with Crippen LogP contribution < -0.4 is 11.2 Å². The van der Waals surface area contributed by atoms with Gasteiger partial charge in [-0.15, -0.1) is 0 Å². The number of hydrogen-bond acceptors (Lipinski definition) is 6. The molecule has 11 heteroatoms. The van der Waals surface area contributed by atoms with Crippen LogP contribution in [0.15, 0.2) is 40.2 Å². The van der Waals surface area contributed by atoms with E-state index in [9.17, 15) is 19.5 Å². The van der Waals surface area contributed by atoms with E-state index < -0.39 is 23.4 Å². The highest BCUT2D eigenvalue weighted by molar-refractivity contribution is 5.77. The second kappa shape index (κ2) is 8.81. The average molecular weight is 480 g/mol. The molecule has 5 rings (SSSR count). The minimum atomic E-state index is -0.834. The first-order chi connectivity index (χ1) is 16.8. The van der Waals surface area contributed by atoms with Crippen LogP contribution in [0.4, 0.5) is 0 Å². The Morgan fingerprint density at radius 2 is 1.91 bits per heavy atom. The number of likely N-dealkylation sites (tertiary alicyclic amines) is 1. The van der Waals surface area contributed by atoms with Gasteiger partial charge in [0.15, 0.2) is 5.52 Å². The summed E-state index contributed by atoms with van der Waals surface area (Å²) in [6.45, 7) is 3.37. The molecule has 0 spiro atoms. The van der Waals surface area contributed by atoms with Crippen LogP contribution in [0, 0.1) is 0 Å². The van der Waals surface area contributed by atoms with E-state index in [1.807, 2.05) is 18.2 Å². The van der Waals surface area contributed by atoms with E-state index in [0.29, 0.717) is 24.9 Å². The minimum absolute atomic E-state index is 0.0417. The molecule has 1 saturated heterocycles. The molecule has 4 heterocycles. The summed E-state index contributed by atoms with van der Waals surface area (Å²) in [5.74, 6) is 0.924. The summed E-state index contributed by atoms with van der Waals surface area (Å²) in [4.78, 5) is 48.4. The van der Waals surface area contributed by atoms with Gasteiger partial charge >= 0.3 is 5.69 Å². The van der Waals surface area contributed by atoms with Crippen LogP contribution in [0.1, 0.15) is 31.6 Å². The first kappa shape index (κ1) is 23.0. The Bertz CT molecular complexity index is 1540. The summed E-state index contributed by atoms with van der Waals surface area (Å²) >= 11 is 0. The molecule has 184 valence electrons. The number of para-hydroxylation sites is 2. The molecule has 0 unspecified atom stereocenters. The third-order valence-corrected chi connectivity index (χ3v) is 6.98. The molecule has 3 aromatic heterocycles. The van der Waals surface area contributed by atoms with E-state index in [0.717, 1.165) is 28.0 Å². The maximum Gasteiger partial charge on any atom is 0.332 e. The lowest BCUT2D eigenvalue weighted by atomic mass is 10.2. The first-order valence-electron chi connectivity index (χ1n) is 11.8. The number of aryl methyl sites for hydroxylation is 3. The Morgan fingerprint density at radius 3 is 2.69 bits per heavy atom. The Balaban J connectivity index is 1.29. The number of β-amino-alcohol motifs (C(OH)–C–C–N with tert-alkyl or cyclic N) is 1. The lowest BCUT2D eigenvalue weighted by Gasteiger charge is -2.18. The number of imidazole rings is 2. The predicted octanol–water partition coefficient (Wildman–Crippen LogP) is 0.570. The number of nitrogens with zero attached hydrogens (tertiary/aromatic N) is 7. The molecule has 1 N–H and O–H groups in total. The molecule has 11 nitrogen and oxygen atoms in total. The quantitative estimate of drug-likeness (QED) is 0.432. The van der Waals surface area contributed by atoms with Gasteiger partial charge in [-0.1, -0.05) is 12.1 Å². The summed E-state index contributed by atoms with van der Waals surface area (Å²) in [6.07, 6.45) is 2.31. The largest absolute Gasteiger partial charge is 0.389 e. The van der Waals surface area contributed by atoms with Gasteiger partial charge in [0.25, 0.3) is 5.56 Å². The van der Waals surface area contributed by atoms with Gasteiger partial charge in [0.2, 0.25) is 5.91 Å². The summed E-state index contributed by atoms with van der Waals surface area (Å²) < 4.78 is 6.17. The number of benzene rings is 1. The van der Waals surface area contributed by atoms with Gasteiger partial charge in [0.05, 0.1) is 29.5 Å². The number of carbonyl (C=O) groups excluding carboxylic acids is 1. The van der Waals surface area contributed by atoms with Gasteiger partial charge in [-0.2, -0.15) is 0 Å². The van der Waals surface area contributed by atoms with Crippen molar-refractivity contribution >= 4 is 28.1 Å². The fourth-order valence-electron chi connectivity index (χ4n) is 5.11. The maximum atomic E-state index is 13.0. The topological polar surface area (TPSA) is 120 Å². The first-order valence-corrected chi connectivity index (χ1v) is 11.8. The molecule has 0 bridgehead atoms. The highest BCUT2D eigenvalue weighted by Gasteiger charge is 2.36. The zero-order chi connectivity index (χ0) is 24.9. The summed E-state index contributed by atoms with van der Waals surface area (Å²) in [7, 11) is 2.97. The number of carbonyl (C=O) groups is 1. The third kappa shape index (κ3) is 3.75. The third-order valence-electron chi connectivity index (χ3n) is 6.98. The Labute approximate surface area is 200 Å². The number of fused-ring (bicyclic) bond motifs is 2. The molecule has 0 saturated carbocycles. The van der Waals surface area contributed by atoms with Crippen molar-refractivity contribution in [3.05, 3.63) is 57.3 Å². The molecule has 0 radical (unpaired) electrons. The van der Waals surface area contributed by atoms with Crippen LogP contribution in [0.25, 0.3) is 22.2 Å². The number of aliphatic hydroxyl groups excluding tert-OH is 1. The smallest absolute Gasteiger partial charge is 0.332 e. The highest BCUT2D eigenvalue weighted by Crippen LogP contribution is 2.26. The minimum Gasteiger partial charge on any atom is -0.389 e. The summed E-state index contributed by atoms with van der Waals surface area (Å²) in [5.41, 5.74) is 1.60. The van der Waals surface area contributed by atoms with Crippen LogP contribution in [0.5, 0.6) is 0 Å². The summed E-state index contributed by atoms with van der Waals surface area (Å²) in [5, 5.41) is 10.7. The number of amides is 1. The van der Waals surface area contributed by atoms with Gasteiger partial charge in [-0.3, -0.25) is 18.7 Å². The van der Waals surface area contributed by atoms with E-state index in [1.165, 1.54) is 17.9 Å². The fourth-order valence-corrected chi connectivity index (χ4v) is 5.11. The van der Waals surface area contributed by atoms with E-state index in [-0.39, 0.29) is 24.5 Å². The average Bonchev–Trinajstić information content (AvgIpc) is 3.55. The lowest BCUT2D eigenvalue weighted by molar-refractivity contribution is -0.130. The van der Waals surface area contributed by atoms with Gasteiger partial charge in [0, 0.05) is 46.6 Å². The van der Waals surface area contributed by atoms with Crippen LogP contribution >= 0.6 is 0 Å². The van der Waals surface area contributed by atoms with Crippen molar-refractivity contribution in [2.24, 2.45) is 14.1 Å². The zero-order valence-electron chi connectivity index (χ0n) is 20.1. The number of rotatable bonds is 6. The Hall–Kier alpha value is -3.73. The van der Waals surface area contributed by atoms with Crippen LogP contribution in [-0.2, 0) is 31.9 Å². The highest BCUT2D eigenvalue weighted by atomic mass is 16.3. The van der Waals surface area contributed by atoms with Crippen molar-refractivity contribution in [1.29, 1.82) is 0 Å². The van der Waals surface area contributed by atoms with Crippen LogP contribution in [0.3, 0.4) is 0 Å². The second-order valence-corrected chi connectivity index (χ2v) is 9.08. The summed E-state index contributed by atoms with van der Waals surface area (Å²) in [6, 6.07) is 7.52. The van der Waals surface area contributed by atoms with Crippen LogP contribution in [-0.4, -0.2) is 63.3 Å². The van der Waals surface area contributed by atoms with Crippen molar-refractivity contribution in [3.8, 4) is 0 Å². The molecular formula is C24H29N7O4. The standard InChI is InChI=1S/C24H29N7O4/c1-4-30-16-9-6-5-8-15(16)26-19(30)10-7-11-20(33)29-12-17(18(32)13-29)31-14-25-21-22(31)27(2)24(35)28(3)23(21)34/h5-6,8-9,14,17-18,32H,4,7,10-13H2,1-3H3/t17-,18-/m0/s1. The van der Waals surface area contributed by atoms with Crippen molar-refractivity contribution in [2.75, 3.05) is 13.1 Å². The van der Waals surface area contributed by atoms with Crippen molar-refractivity contribution in [2.45, 2.75) is 44.9 Å². The molecule has 35 heavy (non-hydrogen) atoms. The van der Waals surface area contributed by atoms with E-state index in [2.05, 4.69) is 22.5 Å². The Kier molecular flexibility index (Phi) is 5.79. The maximum absolute atomic E-state index is 13.0. The molecule has 4 aromatic rings.